The average molecular weight is 1010 g/mol. The number of ether oxygens (including phenoxy) is 3. The molecule has 2 aromatic rings. The van der Waals surface area contributed by atoms with Crippen LogP contribution in [0, 0.1) is 17.8 Å². The predicted molar refractivity (Wildman–Crippen MR) is 253 cm³/mol. The summed E-state index contributed by atoms with van der Waals surface area (Å²) in [4.78, 5) is 83.8. The lowest BCUT2D eigenvalue weighted by Gasteiger charge is -2.40. The summed E-state index contributed by atoms with van der Waals surface area (Å²) in [5.41, 5.74) is -1.23. The number of benzene rings is 2. The Morgan fingerprint density at radius 1 is 0.886 bits per heavy atom. The fourth-order valence-electron chi connectivity index (χ4n) is 8.95. The first-order chi connectivity index (χ1) is 32.6. The van der Waals surface area contributed by atoms with Gasteiger partial charge in [0, 0.05) is 34.2 Å². The number of rotatable bonds is 22. The summed E-state index contributed by atoms with van der Waals surface area (Å²) < 4.78 is 85.5. The van der Waals surface area contributed by atoms with Gasteiger partial charge in [-0.05, 0) is 81.5 Å². The van der Waals surface area contributed by atoms with E-state index in [0.29, 0.717) is 31.4 Å². The van der Waals surface area contributed by atoms with E-state index < -0.39 is 93.4 Å². The molecule has 70 heavy (non-hydrogen) atoms. The second-order valence-electron chi connectivity index (χ2n) is 19.7. The third-order valence-corrected chi connectivity index (χ3v) is 14.5. The number of likely N-dealkylation sites (N-methyl/N-ethyl adjacent to an activating group) is 1. The summed E-state index contributed by atoms with van der Waals surface area (Å²) in [5.74, 6) is -5.96. The van der Waals surface area contributed by atoms with E-state index in [1.54, 1.807) is 83.8 Å². The summed E-state index contributed by atoms with van der Waals surface area (Å²) in [6.45, 7) is 14.6. The molecule has 2 aromatic carbocycles. The van der Waals surface area contributed by atoms with E-state index in [4.69, 9.17) is 14.2 Å². The monoisotopic (exact) mass is 1010 g/mol. The van der Waals surface area contributed by atoms with Gasteiger partial charge in [-0.25, -0.2) is 17.9 Å². The number of nitrogens with zero attached hydrogens (tertiary/aromatic N) is 2. The highest BCUT2D eigenvalue weighted by Crippen LogP contribution is 2.46. The average Bonchev–Trinajstić information content (AvgIpc) is 3.91. The van der Waals surface area contributed by atoms with Crippen LogP contribution in [-0.4, -0.2) is 130 Å². The Morgan fingerprint density at radius 2 is 1.50 bits per heavy atom. The maximum Gasteiger partial charge on any atom is 0.471 e. The zero-order valence-corrected chi connectivity index (χ0v) is 42.8. The van der Waals surface area contributed by atoms with E-state index >= 15 is 0 Å². The summed E-state index contributed by atoms with van der Waals surface area (Å²) in [7, 11) is -0.0869. The van der Waals surface area contributed by atoms with Crippen LogP contribution < -0.4 is 20.7 Å². The van der Waals surface area contributed by atoms with Gasteiger partial charge < -0.3 is 40.0 Å². The molecule has 21 heteroatoms. The molecule has 0 radical (unpaired) electrons. The number of alkyl carbamates (subject to hydrolysis) is 1. The van der Waals surface area contributed by atoms with Crippen LogP contribution in [0.1, 0.15) is 105 Å². The summed E-state index contributed by atoms with van der Waals surface area (Å²) in [6.07, 6.45) is -5.64. The van der Waals surface area contributed by atoms with Crippen molar-refractivity contribution in [3.8, 4) is 0 Å². The second kappa shape index (κ2) is 23.8. The van der Waals surface area contributed by atoms with Crippen LogP contribution >= 0.6 is 0 Å². The molecule has 0 unspecified atom stereocenters. The SMILES string of the molecule is CC[C@H](C)[C@@H]([C@@H](CC(=O)N1CCC[C@H]1[C@H](OC)[C@@H](C)C(=O)N[C@@H](Cc1ccccc1)C(=O)NS(=O)(=O)c1ccc(C2(NC(=O)C(F)(F)F)CC2)cc1)OC)N(C)C(=O)[C@@H](NC(=O)OC(C)(C)C)C(C)C. The van der Waals surface area contributed by atoms with Crippen molar-refractivity contribution in [1.29, 1.82) is 0 Å². The second-order valence-corrected chi connectivity index (χ2v) is 21.4. The molecule has 8 atom stereocenters. The molecule has 2 aliphatic rings. The number of halogens is 3. The first kappa shape index (κ1) is 57.3. The van der Waals surface area contributed by atoms with Gasteiger partial charge in [-0.2, -0.15) is 13.2 Å². The number of amides is 6. The number of nitrogens with one attached hydrogen (secondary N) is 4. The van der Waals surface area contributed by atoms with Gasteiger partial charge in [-0.1, -0.05) is 83.5 Å². The fourth-order valence-corrected chi connectivity index (χ4v) is 9.97. The van der Waals surface area contributed by atoms with Gasteiger partial charge in [0.25, 0.3) is 15.9 Å². The molecule has 4 rings (SSSR count). The standard InChI is InChI=1S/C49H71F3N6O11S/c1-12-30(4)40(57(9)44(62)39(29(2)3)54-46(64)69-47(6,7)8)37(67-10)28-38(59)58-26-16-19-36(58)41(68-11)31(5)42(60)53-35(27-32-17-14-13-15-18-32)43(61)56-70(65,66)34-22-20-33(21-23-34)48(24-25-48)55-45(63)49(50,51)52/h13-15,17-18,20-23,29-31,35-37,39-41H,12,16,19,24-28H2,1-11H3,(H,53,60)(H,54,64)(H,55,63)(H,56,61)/t30-,31+,35-,36-,37+,39-,40-,41+/m0/s1. The van der Waals surface area contributed by atoms with E-state index in [2.05, 4.69) is 10.6 Å². The number of methoxy groups -OCH3 is 2. The molecule has 0 aromatic heterocycles. The lowest BCUT2D eigenvalue weighted by atomic mass is 9.89. The molecule has 0 spiro atoms. The molecule has 1 aliphatic carbocycles. The van der Waals surface area contributed by atoms with Gasteiger partial charge >= 0.3 is 18.2 Å². The van der Waals surface area contributed by atoms with Crippen LogP contribution in [0.3, 0.4) is 0 Å². The Labute approximate surface area is 409 Å². The fraction of sp³-hybridized carbons (Fsp3) is 0.633. The molecule has 2 fully saturated rings. The number of alkyl halides is 3. The maximum atomic E-state index is 14.4. The first-order valence-corrected chi connectivity index (χ1v) is 25.1. The van der Waals surface area contributed by atoms with E-state index in [9.17, 15) is 50.4 Å². The minimum absolute atomic E-state index is 0.117. The van der Waals surface area contributed by atoms with Gasteiger partial charge in [0.15, 0.2) is 0 Å². The van der Waals surface area contributed by atoms with Crippen LogP contribution in [0.2, 0.25) is 0 Å². The topological polar surface area (TPSA) is 219 Å². The highest BCUT2D eigenvalue weighted by atomic mass is 32.2. The van der Waals surface area contributed by atoms with Crippen molar-refractivity contribution in [2.75, 3.05) is 27.8 Å². The van der Waals surface area contributed by atoms with E-state index in [1.165, 1.54) is 31.3 Å². The Kier molecular flexibility index (Phi) is 19.4. The van der Waals surface area contributed by atoms with Crippen molar-refractivity contribution in [3.05, 3.63) is 65.7 Å². The molecule has 1 saturated heterocycles. The Balaban J connectivity index is 1.51. The highest BCUT2D eigenvalue weighted by Gasteiger charge is 2.51. The normalized spacial score (nSPS) is 18.8. The lowest BCUT2D eigenvalue weighted by molar-refractivity contribution is -0.174. The summed E-state index contributed by atoms with van der Waals surface area (Å²) in [5, 5.41) is 7.40. The first-order valence-electron chi connectivity index (χ1n) is 23.6. The zero-order valence-electron chi connectivity index (χ0n) is 42.0. The van der Waals surface area contributed by atoms with Crippen molar-refractivity contribution in [2.24, 2.45) is 17.8 Å². The molecule has 1 aliphatic heterocycles. The molecule has 6 amide bonds. The van der Waals surface area contributed by atoms with E-state index in [1.807, 2.05) is 23.9 Å². The Hall–Kier alpha value is -5.28. The van der Waals surface area contributed by atoms with Crippen molar-refractivity contribution >= 4 is 45.7 Å². The number of hydrogen-bond donors (Lipinski definition) is 4. The van der Waals surface area contributed by atoms with Crippen molar-refractivity contribution in [2.45, 2.75) is 159 Å². The number of carbonyl (C=O) groups excluding carboxylic acids is 6. The molecular weight excluding hydrogens is 938 g/mol. The van der Waals surface area contributed by atoms with E-state index in [0.717, 1.165) is 12.1 Å². The quantitative estimate of drug-likeness (QED) is 0.118. The smallest absolute Gasteiger partial charge is 0.444 e. The molecule has 1 saturated carbocycles. The third-order valence-electron chi connectivity index (χ3n) is 13.1. The van der Waals surface area contributed by atoms with Crippen molar-refractivity contribution < 1.29 is 64.6 Å². The van der Waals surface area contributed by atoms with Crippen LogP contribution in [0.25, 0.3) is 0 Å². The van der Waals surface area contributed by atoms with Crippen LogP contribution in [0.4, 0.5) is 18.0 Å². The van der Waals surface area contributed by atoms with Crippen molar-refractivity contribution in [1.82, 2.24) is 30.5 Å². The van der Waals surface area contributed by atoms with Crippen molar-refractivity contribution in [3.63, 3.8) is 0 Å². The van der Waals surface area contributed by atoms with Crippen LogP contribution in [0.5, 0.6) is 0 Å². The minimum atomic E-state index is -5.11. The van der Waals surface area contributed by atoms with Gasteiger partial charge in [0.2, 0.25) is 17.7 Å². The number of likely N-dealkylation sites (tertiary alicyclic amines) is 1. The maximum absolute atomic E-state index is 14.4. The summed E-state index contributed by atoms with van der Waals surface area (Å²) >= 11 is 0. The molecule has 17 nitrogen and oxygen atoms in total. The third kappa shape index (κ3) is 14.9. The van der Waals surface area contributed by atoms with Gasteiger partial charge in [-0.3, -0.25) is 24.0 Å². The predicted octanol–water partition coefficient (Wildman–Crippen LogP) is 5.36. The Bertz CT molecular complexity index is 2260. The Morgan fingerprint density at radius 3 is 2.01 bits per heavy atom. The van der Waals surface area contributed by atoms with Crippen LogP contribution in [-0.2, 0) is 60.2 Å². The highest BCUT2D eigenvalue weighted by molar-refractivity contribution is 7.90. The van der Waals surface area contributed by atoms with Gasteiger partial charge in [0.1, 0.15) is 17.7 Å². The molecular formula is C49H71F3N6O11S. The van der Waals surface area contributed by atoms with Crippen LogP contribution in [0.15, 0.2) is 59.5 Å². The molecule has 390 valence electrons. The largest absolute Gasteiger partial charge is 0.471 e. The van der Waals surface area contributed by atoms with Gasteiger partial charge in [0.05, 0.1) is 47.1 Å². The minimum Gasteiger partial charge on any atom is -0.444 e. The molecule has 1 heterocycles. The lowest BCUT2D eigenvalue weighted by Crippen LogP contribution is -2.58. The molecule has 4 N–H and O–H groups in total. The molecule has 0 bridgehead atoms. The zero-order chi connectivity index (χ0) is 52.5. The number of hydrogen-bond acceptors (Lipinski definition) is 11. The number of carbonyl (C=O) groups is 6. The van der Waals surface area contributed by atoms with E-state index in [-0.39, 0.29) is 59.8 Å². The summed E-state index contributed by atoms with van der Waals surface area (Å²) in [6, 6.07) is 9.79. The van der Waals surface area contributed by atoms with Gasteiger partial charge in [-0.15, -0.1) is 0 Å². The number of sulfonamides is 1.